The van der Waals surface area contributed by atoms with Crippen LogP contribution in [0.25, 0.3) is 0 Å². The predicted molar refractivity (Wildman–Crippen MR) is 69.9 cm³/mol. The molecular weight excluding hydrogens is 249 g/mol. The molecule has 5 nitrogen and oxygen atoms in total. The fraction of sp³-hybridized carbons (Fsp3) is 0.462. The Hall–Kier alpha value is -1.66. The third-order valence-corrected chi connectivity index (χ3v) is 3.29. The number of nitrogens with two attached hydrogens (primary N) is 1. The molecule has 1 heterocycles. The summed E-state index contributed by atoms with van der Waals surface area (Å²) in [6.45, 7) is 0.653. The Labute approximate surface area is 111 Å². The molecule has 1 aliphatic rings. The molecule has 0 spiro atoms. The first-order valence-electron chi connectivity index (χ1n) is 6.23. The Kier molecular flexibility index (Phi) is 4.34. The summed E-state index contributed by atoms with van der Waals surface area (Å²) < 4.78 is 18.5. The van der Waals surface area contributed by atoms with Crippen molar-refractivity contribution in [1.82, 2.24) is 5.43 Å². The molecule has 1 saturated heterocycles. The second kappa shape index (κ2) is 5.99. The molecule has 6 heteroatoms. The number of nitrogens with zero attached hydrogens (tertiary/aromatic N) is 1. The molecule has 2 unspecified atom stereocenters. The van der Waals surface area contributed by atoms with Gasteiger partial charge in [-0.05, 0) is 37.1 Å². The van der Waals surface area contributed by atoms with Gasteiger partial charge in [-0.2, -0.15) is 0 Å². The van der Waals surface area contributed by atoms with Gasteiger partial charge in [-0.1, -0.05) is 0 Å². The number of carbonyl (C=O) groups excluding carboxylic acids is 1. The van der Waals surface area contributed by atoms with Crippen LogP contribution in [0.3, 0.4) is 0 Å². The zero-order valence-corrected chi connectivity index (χ0v) is 10.8. The quantitative estimate of drug-likeness (QED) is 0.481. The Bertz CT molecular complexity index is 438. The van der Waals surface area contributed by atoms with E-state index in [0.717, 1.165) is 12.1 Å². The minimum absolute atomic E-state index is 0.0163. The number of nitrogens with one attached hydrogen (secondary N) is 1. The average molecular weight is 267 g/mol. The molecule has 2 rings (SSSR count). The fourth-order valence-corrected chi connectivity index (χ4v) is 2.23. The van der Waals surface area contributed by atoms with Crippen LogP contribution >= 0.6 is 0 Å². The van der Waals surface area contributed by atoms with E-state index < -0.39 is 6.10 Å². The Morgan fingerprint density at radius 3 is 2.79 bits per heavy atom. The first kappa shape index (κ1) is 13.8. The average Bonchev–Trinajstić information content (AvgIpc) is 2.87. The van der Waals surface area contributed by atoms with E-state index in [2.05, 4.69) is 5.43 Å². The molecule has 1 amide bonds. The number of likely N-dealkylation sites (N-methyl/N-ethyl adjacent to an activating group) is 1. The van der Waals surface area contributed by atoms with Crippen molar-refractivity contribution >= 4 is 11.6 Å². The lowest BCUT2D eigenvalue weighted by Gasteiger charge is -2.23. The molecule has 1 aromatic rings. The first-order chi connectivity index (χ1) is 9.10. The predicted octanol–water partition coefficient (Wildman–Crippen LogP) is 0.799. The van der Waals surface area contributed by atoms with Gasteiger partial charge in [-0.3, -0.25) is 10.2 Å². The van der Waals surface area contributed by atoms with E-state index in [-0.39, 0.29) is 17.8 Å². The fourth-order valence-electron chi connectivity index (χ4n) is 2.23. The number of anilines is 1. The highest BCUT2D eigenvalue weighted by Gasteiger charge is 2.30. The van der Waals surface area contributed by atoms with Crippen LogP contribution in [0.4, 0.5) is 10.1 Å². The number of rotatable bonds is 4. The molecule has 1 aliphatic heterocycles. The molecule has 1 fully saturated rings. The first-order valence-corrected chi connectivity index (χ1v) is 6.23. The van der Waals surface area contributed by atoms with Gasteiger partial charge in [-0.25, -0.2) is 10.2 Å². The van der Waals surface area contributed by atoms with Gasteiger partial charge in [0.2, 0.25) is 0 Å². The van der Waals surface area contributed by atoms with Crippen molar-refractivity contribution in [2.75, 3.05) is 18.5 Å². The number of amides is 1. The van der Waals surface area contributed by atoms with Crippen LogP contribution < -0.4 is 16.2 Å². The number of hydrazine groups is 1. The van der Waals surface area contributed by atoms with Crippen molar-refractivity contribution in [2.24, 2.45) is 5.84 Å². The van der Waals surface area contributed by atoms with Crippen LogP contribution in [0.2, 0.25) is 0 Å². The second-order valence-corrected chi connectivity index (χ2v) is 4.69. The van der Waals surface area contributed by atoms with E-state index in [4.69, 9.17) is 10.6 Å². The largest absolute Gasteiger partial charge is 0.372 e. The minimum atomic E-state index is -0.461. The van der Waals surface area contributed by atoms with E-state index in [1.165, 1.54) is 12.1 Å². The number of benzene rings is 1. The van der Waals surface area contributed by atoms with Crippen LogP contribution in [0, 0.1) is 5.82 Å². The summed E-state index contributed by atoms with van der Waals surface area (Å²) in [4.78, 5) is 13.3. The standard InChI is InChI=1S/C13H18FN3O2/c1-17(10-4-2-9(14)3-5-10)8-11-6-7-12(19-11)13(18)16-15/h2-5,11-12H,6-8,15H2,1H3,(H,16,18). The summed E-state index contributed by atoms with van der Waals surface area (Å²) in [5.41, 5.74) is 3.01. The number of ether oxygens (including phenoxy) is 1. The van der Waals surface area contributed by atoms with Gasteiger partial charge in [0.15, 0.2) is 0 Å². The van der Waals surface area contributed by atoms with Gasteiger partial charge >= 0.3 is 0 Å². The summed E-state index contributed by atoms with van der Waals surface area (Å²) in [5, 5.41) is 0. The Morgan fingerprint density at radius 1 is 1.47 bits per heavy atom. The van der Waals surface area contributed by atoms with Crippen molar-refractivity contribution in [2.45, 2.75) is 25.0 Å². The van der Waals surface area contributed by atoms with E-state index >= 15 is 0 Å². The van der Waals surface area contributed by atoms with Gasteiger partial charge in [0, 0.05) is 19.3 Å². The topological polar surface area (TPSA) is 67.6 Å². The number of hydrogen-bond acceptors (Lipinski definition) is 4. The maximum absolute atomic E-state index is 12.8. The highest BCUT2D eigenvalue weighted by molar-refractivity contribution is 5.80. The molecule has 0 saturated carbocycles. The lowest BCUT2D eigenvalue weighted by Crippen LogP contribution is -2.40. The van der Waals surface area contributed by atoms with E-state index in [9.17, 15) is 9.18 Å². The normalized spacial score (nSPS) is 22.3. The van der Waals surface area contributed by atoms with Crippen molar-refractivity contribution in [1.29, 1.82) is 0 Å². The third-order valence-electron chi connectivity index (χ3n) is 3.29. The van der Waals surface area contributed by atoms with E-state index in [1.807, 2.05) is 11.9 Å². The zero-order chi connectivity index (χ0) is 13.8. The Balaban J connectivity index is 1.88. The van der Waals surface area contributed by atoms with Crippen LogP contribution in [0.1, 0.15) is 12.8 Å². The molecule has 0 bridgehead atoms. The number of carbonyl (C=O) groups is 1. The zero-order valence-electron chi connectivity index (χ0n) is 10.8. The molecule has 104 valence electrons. The summed E-state index contributed by atoms with van der Waals surface area (Å²) in [5.74, 6) is 4.54. The smallest absolute Gasteiger partial charge is 0.263 e. The molecule has 0 radical (unpaired) electrons. The highest BCUT2D eigenvalue weighted by atomic mass is 19.1. The van der Waals surface area contributed by atoms with Crippen LogP contribution in [-0.2, 0) is 9.53 Å². The summed E-state index contributed by atoms with van der Waals surface area (Å²) in [7, 11) is 1.91. The van der Waals surface area contributed by atoms with Gasteiger partial charge in [0.05, 0.1) is 6.10 Å². The van der Waals surface area contributed by atoms with Crippen LogP contribution in [0.15, 0.2) is 24.3 Å². The summed E-state index contributed by atoms with van der Waals surface area (Å²) in [6, 6.07) is 6.28. The van der Waals surface area contributed by atoms with Crippen molar-refractivity contribution < 1.29 is 13.9 Å². The molecular formula is C13H18FN3O2. The summed E-state index contributed by atoms with van der Waals surface area (Å²) >= 11 is 0. The molecule has 1 aromatic carbocycles. The van der Waals surface area contributed by atoms with Gasteiger partial charge in [0.25, 0.3) is 5.91 Å². The SMILES string of the molecule is CN(CC1CCC(C(=O)NN)O1)c1ccc(F)cc1. The van der Waals surface area contributed by atoms with Crippen molar-refractivity contribution in [3.05, 3.63) is 30.1 Å². The van der Waals surface area contributed by atoms with Gasteiger partial charge in [-0.15, -0.1) is 0 Å². The molecule has 0 aliphatic carbocycles. The van der Waals surface area contributed by atoms with Crippen LogP contribution in [-0.4, -0.2) is 31.7 Å². The van der Waals surface area contributed by atoms with E-state index in [1.54, 1.807) is 12.1 Å². The second-order valence-electron chi connectivity index (χ2n) is 4.69. The molecule has 0 aromatic heterocycles. The minimum Gasteiger partial charge on any atom is -0.372 e. The van der Waals surface area contributed by atoms with Crippen molar-refractivity contribution in [3.8, 4) is 0 Å². The maximum atomic E-state index is 12.8. The number of halogens is 1. The van der Waals surface area contributed by atoms with Gasteiger partial charge < -0.3 is 9.64 Å². The van der Waals surface area contributed by atoms with E-state index in [0.29, 0.717) is 13.0 Å². The lowest BCUT2D eigenvalue weighted by molar-refractivity contribution is -0.131. The third kappa shape index (κ3) is 3.42. The monoisotopic (exact) mass is 267 g/mol. The number of hydrogen-bond donors (Lipinski definition) is 2. The van der Waals surface area contributed by atoms with Crippen molar-refractivity contribution in [3.63, 3.8) is 0 Å². The van der Waals surface area contributed by atoms with Gasteiger partial charge in [0.1, 0.15) is 11.9 Å². The highest BCUT2D eigenvalue weighted by Crippen LogP contribution is 2.22. The maximum Gasteiger partial charge on any atom is 0.263 e. The Morgan fingerprint density at radius 2 is 2.16 bits per heavy atom. The molecule has 2 atom stereocenters. The summed E-state index contributed by atoms with van der Waals surface area (Å²) in [6.07, 6.45) is 1.00. The molecule has 19 heavy (non-hydrogen) atoms. The lowest BCUT2D eigenvalue weighted by atomic mass is 10.2. The molecule has 3 N–H and O–H groups in total. The van der Waals surface area contributed by atoms with Crippen LogP contribution in [0.5, 0.6) is 0 Å².